The summed E-state index contributed by atoms with van der Waals surface area (Å²) in [7, 11) is 0. The van der Waals surface area contributed by atoms with E-state index in [9.17, 15) is 4.39 Å². The molecule has 0 bridgehead atoms. The third-order valence-corrected chi connectivity index (χ3v) is 4.11. The van der Waals surface area contributed by atoms with Crippen molar-refractivity contribution >= 4 is 0 Å². The maximum absolute atomic E-state index is 13.6. The highest BCUT2D eigenvalue weighted by Crippen LogP contribution is 2.18. The Kier molecular flexibility index (Phi) is 4.11. The minimum absolute atomic E-state index is 0.0149. The number of nitrogens with zero attached hydrogens (tertiary/aromatic N) is 2. The van der Waals surface area contributed by atoms with Crippen molar-refractivity contribution in [3.63, 3.8) is 0 Å². The average Bonchev–Trinajstić information content (AvgIpc) is 2.87. The maximum Gasteiger partial charge on any atom is 0.141 e. The number of ether oxygens (including phenoxy) is 1. The number of hydrogen-bond donors (Lipinski definition) is 0. The van der Waals surface area contributed by atoms with Crippen molar-refractivity contribution in [1.29, 1.82) is 0 Å². The molecule has 0 radical (unpaired) electrons. The van der Waals surface area contributed by atoms with Crippen LogP contribution in [0, 0.1) is 0 Å². The van der Waals surface area contributed by atoms with Crippen LogP contribution in [0.25, 0.3) is 0 Å². The summed E-state index contributed by atoms with van der Waals surface area (Å²) >= 11 is 0. The van der Waals surface area contributed by atoms with Gasteiger partial charge in [-0.15, -0.1) is 0 Å². The lowest BCUT2D eigenvalue weighted by Gasteiger charge is -2.38. The van der Waals surface area contributed by atoms with Gasteiger partial charge in [0.2, 0.25) is 0 Å². The Morgan fingerprint density at radius 3 is 2.42 bits per heavy atom. The fourth-order valence-electron chi connectivity index (χ4n) is 2.95. The molecule has 3 rings (SSSR count). The van der Waals surface area contributed by atoms with E-state index >= 15 is 0 Å². The van der Waals surface area contributed by atoms with Crippen LogP contribution in [0.2, 0.25) is 0 Å². The molecule has 0 spiro atoms. The highest BCUT2D eigenvalue weighted by molar-refractivity contribution is 5.14. The van der Waals surface area contributed by atoms with Crippen molar-refractivity contribution in [2.75, 3.05) is 39.4 Å². The average molecular weight is 264 g/mol. The van der Waals surface area contributed by atoms with Crippen molar-refractivity contribution in [2.24, 2.45) is 0 Å². The minimum atomic E-state index is -0.805. The molecule has 0 saturated carbocycles. The summed E-state index contributed by atoms with van der Waals surface area (Å²) in [5.74, 6) is 0. The lowest BCUT2D eigenvalue weighted by atomic mass is 10.1. The molecule has 2 aliphatic heterocycles. The summed E-state index contributed by atoms with van der Waals surface area (Å²) < 4.78 is 18.9. The monoisotopic (exact) mass is 264 g/mol. The molecule has 19 heavy (non-hydrogen) atoms. The molecule has 104 valence electrons. The molecule has 2 fully saturated rings. The second-order valence-electron chi connectivity index (χ2n) is 5.42. The van der Waals surface area contributed by atoms with E-state index in [1.54, 1.807) is 0 Å². The van der Waals surface area contributed by atoms with E-state index in [1.165, 1.54) is 5.56 Å². The standard InChI is InChI=1S/C15H21FN2O/c16-14-11-19-12-15(14)18-8-6-17(7-9-18)10-13-4-2-1-3-5-13/h1-5,14-15H,6-12H2. The van der Waals surface area contributed by atoms with Gasteiger partial charge in [0.05, 0.1) is 19.3 Å². The molecule has 2 saturated heterocycles. The first-order chi connectivity index (χ1) is 9.33. The van der Waals surface area contributed by atoms with Gasteiger partial charge in [0.15, 0.2) is 0 Å². The number of rotatable bonds is 3. The van der Waals surface area contributed by atoms with Crippen LogP contribution in [0.5, 0.6) is 0 Å². The molecule has 4 heteroatoms. The third-order valence-electron chi connectivity index (χ3n) is 4.11. The summed E-state index contributed by atoms with van der Waals surface area (Å²) in [6, 6.07) is 10.5. The third kappa shape index (κ3) is 3.14. The van der Waals surface area contributed by atoms with Gasteiger partial charge >= 0.3 is 0 Å². The van der Waals surface area contributed by atoms with Gasteiger partial charge in [0.25, 0.3) is 0 Å². The molecule has 0 amide bonds. The molecule has 0 N–H and O–H groups in total. The van der Waals surface area contributed by atoms with Crippen LogP contribution in [0.1, 0.15) is 5.56 Å². The topological polar surface area (TPSA) is 15.7 Å². The number of hydrogen-bond acceptors (Lipinski definition) is 3. The number of piperazine rings is 1. The van der Waals surface area contributed by atoms with Crippen LogP contribution in [-0.2, 0) is 11.3 Å². The van der Waals surface area contributed by atoms with Gasteiger partial charge in [-0.3, -0.25) is 9.80 Å². The van der Waals surface area contributed by atoms with E-state index < -0.39 is 6.17 Å². The van der Waals surface area contributed by atoms with E-state index in [1.807, 2.05) is 6.07 Å². The smallest absolute Gasteiger partial charge is 0.141 e. The van der Waals surface area contributed by atoms with Crippen LogP contribution in [0.15, 0.2) is 30.3 Å². The summed E-state index contributed by atoms with van der Waals surface area (Å²) in [6.45, 7) is 5.74. The molecule has 2 heterocycles. The van der Waals surface area contributed by atoms with Crippen molar-refractivity contribution in [3.8, 4) is 0 Å². The largest absolute Gasteiger partial charge is 0.377 e. The quantitative estimate of drug-likeness (QED) is 0.823. The Hall–Kier alpha value is -0.970. The predicted octanol–water partition coefficient (Wildman–Crippen LogP) is 1.54. The first kappa shape index (κ1) is 13.0. The zero-order chi connectivity index (χ0) is 13.1. The molecule has 2 atom stereocenters. The summed E-state index contributed by atoms with van der Waals surface area (Å²) in [6.07, 6.45) is -0.805. The van der Waals surface area contributed by atoms with Gasteiger partial charge in [0.1, 0.15) is 6.17 Å². The van der Waals surface area contributed by atoms with E-state index in [4.69, 9.17) is 4.74 Å². The number of alkyl halides is 1. The molecule has 1 aromatic rings. The molecule has 2 unspecified atom stereocenters. The molecule has 1 aromatic carbocycles. The Morgan fingerprint density at radius 2 is 1.79 bits per heavy atom. The van der Waals surface area contributed by atoms with Gasteiger partial charge in [0, 0.05) is 32.7 Å². The number of halogens is 1. The van der Waals surface area contributed by atoms with Crippen LogP contribution in [0.3, 0.4) is 0 Å². The van der Waals surface area contributed by atoms with Crippen LogP contribution >= 0.6 is 0 Å². The van der Waals surface area contributed by atoms with Crippen molar-refractivity contribution in [2.45, 2.75) is 18.8 Å². The maximum atomic E-state index is 13.6. The number of benzene rings is 1. The van der Waals surface area contributed by atoms with Crippen molar-refractivity contribution in [3.05, 3.63) is 35.9 Å². The highest BCUT2D eigenvalue weighted by Gasteiger charge is 2.34. The second kappa shape index (κ2) is 5.99. The SMILES string of the molecule is FC1COCC1N1CCN(Cc2ccccc2)CC1. The summed E-state index contributed by atoms with van der Waals surface area (Å²) in [5.41, 5.74) is 1.35. The molecular formula is C15H21FN2O. The van der Waals surface area contributed by atoms with E-state index in [0.717, 1.165) is 32.7 Å². The van der Waals surface area contributed by atoms with E-state index in [-0.39, 0.29) is 12.6 Å². The first-order valence-corrected chi connectivity index (χ1v) is 7.05. The highest BCUT2D eigenvalue weighted by atomic mass is 19.1. The van der Waals surface area contributed by atoms with Crippen molar-refractivity contribution in [1.82, 2.24) is 9.80 Å². The minimum Gasteiger partial charge on any atom is -0.377 e. The Balaban J connectivity index is 1.49. The van der Waals surface area contributed by atoms with Crippen LogP contribution in [-0.4, -0.2) is 61.4 Å². The van der Waals surface area contributed by atoms with E-state index in [0.29, 0.717) is 6.61 Å². The Labute approximate surface area is 114 Å². The van der Waals surface area contributed by atoms with Crippen molar-refractivity contribution < 1.29 is 9.13 Å². The van der Waals surface area contributed by atoms with E-state index in [2.05, 4.69) is 34.1 Å². The zero-order valence-electron chi connectivity index (χ0n) is 11.2. The fraction of sp³-hybridized carbons (Fsp3) is 0.600. The summed E-state index contributed by atoms with van der Waals surface area (Å²) in [5, 5.41) is 0. The van der Waals surface area contributed by atoms with Crippen LogP contribution in [0.4, 0.5) is 4.39 Å². The Bertz CT molecular complexity index is 392. The predicted molar refractivity (Wildman–Crippen MR) is 72.8 cm³/mol. The first-order valence-electron chi connectivity index (χ1n) is 7.05. The molecule has 3 nitrogen and oxygen atoms in total. The Morgan fingerprint density at radius 1 is 1.05 bits per heavy atom. The zero-order valence-corrected chi connectivity index (χ0v) is 11.2. The molecular weight excluding hydrogens is 243 g/mol. The van der Waals surface area contributed by atoms with Gasteiger partial charge in [-0.05, 0) is 5.56 Å². The molecule has 0 aliphatic carbocycles. The molecule has 2 aliphatic rings. The lowest BCUT2D eigenvalue weighted by molar-refractivity contribution is 0.0668. The lowest BCUT2D eigenvalue weighted by Crippen LogP contribution is -2.52. The van der Waals surface area contributed by atoms with Gasteiger partial charge in [-0.2, -0.15) is 0 Å². The fourth-order valence-corrected chi connectivity index (χ4v) is 2.95. The van der Waals surface area contributed by atoms with Gasteiger partial charge in [-0.25, -0.2) is 4.39 Å². The van der Waals surface area contributed by atoms with Gasteiger partial charge in [-0.1, -0.05) is 30.3 Å². The molecule has 0 aromatic heterocycles. The van der Waals surface area contributed by atoms with Gasteiger partial charge < -0.3 is 4.74 Å². The normalized spacial score (nSPS) is 29.7. The second-order valence-corrected chi connectivity index (χ2v) is 5.42. The van der Waals surface area contributed by atoms with Crippen LogP contribution < -0.4 is 0 Å². The summed E-state index contributed by atoms with van der Waals surface area (Å²) in [4.78, 5) is 4.69.